The number of benzene rings is 4. The minimum atomic E-state index is -1.26. The highest BCUT2D eigenvalue weighted by Gasteiger charge is 2.29. The predicted octanol–water partition coefficient (Wildman–Crippen LogP) is 5.45. The third-order valence-electron chi connectivity index (χ3n) is 7.34. The monoisotopic (exact) mass is 607 g/mol. The number of anilines is 2. The van der Waals surface area contributed by atoms with Gasteiger partial charge >= 0.3 is 11.9 Å². The van der Waals surface area contributed by atoms with Gasteiger partial charge in [0, 0.05) is 40.5 Å². The molecule has 1 unspecified atom stereocenters. The van der Waals surface area contributed by atoms with Crippen molar-refractivity contribution in [3.05, 3.63) is 120 Å². The Morgan fingerprint density at radius 3 is 2.16 bits per heavy atom. The minimum Gasteiger partial charge on any atom is -0.490 e. The van der Waals surface area contributed by atoms with Crippen LogP contribution in [-0.4, -0.2) is 52.2 Å². The Morgan fingerprint density at radius 1 is 0.778 bits per heavy atom. The molecule has 0 bridgehead atoms. The maximum atomic E-state index is 13.4. The summed E-state index contributed by atoms with van der Waals surface area (Å²) < 4.78 is 11.6. The number of para-hydroxylation sites is 2. The predicted molar refractivity (Wildman–Crippen MR) is 170 cm³/mol. The first-order valence-corrected chi connectivity index (χ1v) is 14.4. The van der Waals surface area contributed by atoms with Gasteiger partial charge in [0.25, 0.3) is 0 Å². The number of ketones is 1. The summed E-state index contributed by atoms with van der Waals surface area (Å²) in [5, 5.41) is 23.1. The zero-order chi connectivity index (χ0) is 31.8. The number of aromatic amines is 1. The Bertz CT molecular complexity index is 1780. The van der Waals surface area contributed by atoms with Crippen LogP contribution in [0.4, 0.5) is 11.4 Å². The molecule has 230 valence electrons. The minimum absolute atomic E-state index is 0.0260. The molecule has 2 atom stereocenters. The first-order chi connectivity index (χ1) is 21.8. The lowest BCUT2D eigenvalue weighted by Crippen LogP contribution is -2.32. The molecule has 10 heteroatoms. The van der Waals surface area contributed by atoms with E-state index >= 15 is 0 Å². The Morgan fingerprint density at radius 2 is 1.44 bits per heavy atom. The van der Waals surface area contributed by atoms with Crippen molar-refractivity contribution in [3.63, 3.8) is 0 Å². The normalized spacial score (nSPS) is 12.3. The van der Waals surface area contributed by atoms with Gasteiger partial charge < -0.3 is 35.7 Å². The SMILES string of the molecule is N[C@@H](Cc1c[nH]c2ccc(OCCOc3ccc(CC(C(=O)O)C(=O)c4ccccc4Nc4ccccc4)cc3)cc12)C(=O)O. The quantitative estimate of drug-likeness (QED) is 0.0591. The number of H-pyrrole nitrogens is 1. The topological polar surface area (TPSA) is 164 Å². The van der Waals surface area contributed by atoms with Crippen LogP contribution in [0, 0.1) is 5.92 Å². The molecule has 0 aliphatic rings. The van der Waals surface area contributed by atoms with E-state index in [9.17, 15) is 19.5 Å². The summed E-state index contributed by atoms with van der Waals surface area (Å²) in [5.41, 5.74) is 9.67. The van der Waals surface area contributed by atoms with E-state index in [-0.39, 0.29) is 26.1 Å². The van der Waals surface area contributed by atoms with E-state index < -0.39 is 29.7 Å². The van der Waals surface area contributed by atoms with Gasteiger partial charge in [-0.25, -0.2) is 0 Å². The van der Waals surface area contributed by atoms with Gasteiger partial charge in [-0.1, -0.05) is 42.5 Å². The number of aromatic nitrogens is 1. The molecule has 0 radical (unpaired) electrons. The van der Waals surface area contributed by atoms with Crippen molar-refractivity contribution < 1.29 is 34.1 Å². The maximum absolute atomic E-state index is 13.4. The smallest absolute Gasteiger partial charge is 0.320 e. The van der Waals surface area contributed by atoms with Gasteiger partial charge in [0.05, 0.1) is 0 Å². The van der Waals surface area contributed by atoms with Crippen molar-refractivity contribution in [1.82, 2.24) is 4.98 Å². The van der Waals surface area contributed by atoms with Crippen molar-refractivity contribution in [2.75, 3.05) is 18.5 Å². The van der Waals surface area contributed by atoms with Crippen molar-refractivity contribution in [2.24, 2.45) is 11.7 Å². The number of hydrogen-bond acceptors (Lipinski definition) is 7. The van der Waals surface area contributed by atoms with Crippen LogP contribution in [0.15, 0.2) is 103 Å². The number of carbonyl (C=O) groups is 3. The van der Waals surface area contributed by atoms with E-state index in [0.717, 1.165) is 22.2 Å². The van der Waals surface area contributed by atoms with Gasteiger partial charge in [-0.05, 0) is 72.1 Å². The van der Waals surface area contributed by atoms with Crippen LogP contribution in [0.2, 0.25) is 0 Å². The van der Waals surface area contributed by atoms with Gasteiger partial charge in [-0.15, -0.1) is 0 Å². The maximum Gasteiger partial charge on any atom is 0.320 e. The molecule has 5 rings (SSSR count). The number of hydrogen-bond donors (Lipinski definition) is 5. The number of carbonyl (C=O) groups excluding carboxylic acids is 1. The number of aliphatic carboxylic acids is 2. The number of ether oxygens (including phenoxy) is 2. The van der Waals surface area contributed by atoms with Crippen molar-refractivity contribution in [1.29, 1.82) is 0 Å². The first kappa shape index (κ1) is 30.8. The average molecular weight is 608 g/mol. The molecule has 4 aromatic carbocycles. The standard InChI is InChI=1S/C35H33N3O7/c36-30(35(42)43)19-23-21-37-31-15-14-26(20-28(23)31)45-17-16-44-25-12-10-22(11-13-25)18-29(34(40)41)33(39)27-8-4-5-9-32(27)38-24-6-2-1-3-7-24/h1-15,20-21,29-30,37-38H,16-19,36H2,(H,40,41)(H,42,43)/t29?,30-/m0/s1. The van der Waals surface area contributed by atoms with Crippen LogP contribution in [-0.2, 0) is 22.4 Å². The Kier molecular flexibility index (Phi) is 9.76. The molecule has 10 nitrogen and oxygen atoms in total. The molecule has 0 aliphatic heterocycles. The van der Waals surface area contributed by atoms with Crippen LogP contribution >= 0.6 is 0 Å². The Hall–Kier alpha value is -5.61. The van der Waals surface area contributed by atoms with E-state index in [1.54, 1.807) is 54.7 Å². The highest BCUT2D eigenvalue weighted by atomic mass is 16.5. The van der Waals surface area contributed by atoms with Crippen LogP contribution in [0.5, 0.6) is 11.5 Å². The number of rotatable bonds is 15. The number of Topliss-reactive ketones (excluding diaryl/α,β-unsaturated/α-hetero) is 1. The van der Waals surface area contributed by atoms with Gasteiger partial charge in [-0.2, -0.15) is 0 Å². The zero-order valence-electron chi connectivity index (χ0n) is 24.3. The van der Waals surface area contributed by atoms with Crippen LogP contribution in [0.3, 0.4) is 0 Å². The fourth-order valence-corrected chi connectivity index (χ4v) is 4.98. The number of nitrogens with one attached hydrogen (secondary N) is 2. The van der Waals surface area contributed by atoms with Crippen LogP contribution in [0.1, 0.15) is 21.5 Å². The van der Waals surface area contributed by atoms with E-state index in [0.29, 0.717) is 28.3 Å². The highest BCUT2D eigenvalue weighted by Crippen LogP contribution is 2.27. The van der Waals surface area contributed by atoms with E-state index in [4.69, 9.17) is 20.3 Å². The first-order valence-electron chi connectivity index (χ1n) is 14.4. The largest absolute Gasteiger partial charge is 0.490 e. The third kappa shape index (κ3) is 7.87. The van der Waals surface area contributed by atoms with Crippen molar-refractivity contribution in [2.45, 2.75) is 18.9 Å². The summed E-state index contributed by atoms with van der Waals surface area (Å²) in [6.07, 6.45) is 1.97. The van der Waals surface area contributed by atoms with Crippen molar-refractivity contribution in [3.8, 4) is 11.5 Å². The zero-order valence-corrected chi connectivity index (χ0v) is 24.3. The molecule has 0 aliphatic carbocycles. The number of fused-ring (bicyclic) bond motifs is 1. The lowest BCUT2D eigenvalue weighted by atomic mass is 9.90. The van der Waals surface area contributed by atoms with Gasteiger partial charge in [0.2, 0.25) is 0 Å². The second-order valence-corrected chi connectivity index (χ2v) is 10.5. The molecule has 5 aromatic rings. The molecule has 1 aromatic heterocycles. The summed E-state index contributed by atoms with van der Waals surface area (Å²) in [5.74, 6) is -2.81. The fourth-order valence-electron chi connectivity index (χ4n) is 4.98. The molecule has 0 fully saturated rings. The van der Waals surface area contributed by atoms with E-state index in [1.807, 2.05) is 48.5 Å². The molecule has 0 amide bonds. The second kappa shape index (κ2) is 14.2. The summed E-state index contributed by atoms with van der Waals surface area (Å²) in [6.45, 7) is 0.510. The number of carboxylic acid groups (broad SMARTS) is 2. The molecule has 0 saturated heterocycles. The molecular weight excluding hydrogens is 574 g/mol. The third-order valence-corrected chi connectivity index (χ3v) is 7.34. The summed E-state index contributed by atoms with van der Waals surface area (Å²) in [6, 6.07) is 27.7. The number of carboxylic acids is 2. The Labute approximate surface area is 259 Å². The molecule has 6 N–H and O–H groups in total. The molecular formula is C35H33N3O7. The van der Waals surface area contributed by atoms with Crippen LogP contribution < -0.4 is 20.5 Å². The van der Waals surface area contributed by atoms with Gasteiger partial charge in [0.15, 0.2) is 5.78 Å². The van der Waals surface area contributed by atoms with E-state index in [2.05, 4.69) is 10.3 Å². The second-order valence-electron chi connectivity index (χ2n) is 10.5. The van der Waals surface area contributed by atoms with Gasteiger partial charge in [0.1, 0.15) is 36.7 Å². The molecule has 0 saturated carbocycles. The highest BCUT2D eigenvalue weighted by molar-refractivity contribution is 6.11. The van der Waals surface area contributed by atoms with E-state index in [1.165, 1.54) is 0 Å². The summed E-state index contributed by atoms with van der Waals surface area (Å²) in [4.78, 5) is 39.9. The Balaban J connectivity index is 1.16. The van der Waals surface area contributed by atoms with Crippen molar-refractivity contribution >= 4 is 40.0 Å². The summed E-state index contributed by atoms with van der Waals surface area (Å²) in [7, 11) is 0. The van der Waals surface area contributed by atoms with Gasteiger partial charge in [-0.3, -0.25) is 14.4 Å². The molecule has 45 heavy (non-hydrogen) atoms. The average Bonchev–Trinajstić information content (AvgIpc) is 3.44. The fraction of sp³-hybridized carbons (Fsp3) is 0.171. The molecule has 1 heterocycles. The molecule has 0 spiro atoms. The lowest BCUT2D eigenvalue weighted by molar-refractivity contribution is -0.140. The summed E-state index contributed by atoms with van der Waals surface area (Å²) >= 11 is 0. The van der Waals surface area contributed by atoms with Crippen LogP contribution in [0.25, 0.3) is 10.9 Å². The lowest BCUT2D eigenvalue weighted by Gasteiger charge is -2.16. The number of nitrogens with two attached hydrogens (primary N) is 1.